The van der Waals surface area contributed by atoms with Crippen molar-refractivity contribution in [2.24, 2.45) is 24.3 Å². The highest BCUT2D eigenvalue weighted by molar-refractivity contribution is 5.79. The van der Waals surface area contributed by atoms with Crippen LogP contribution in [0.25, 0.3) is 0 Å². The van der Waals surface area contributed by atoms with Gasteiger partial charge >= 0.3 is 0 Å². The number of nitrogens with zero attached hydrogens (tertiary/aromatic N) is 12. The van der Waals surface area contributed by atoms with E-state index in [2.05, 4.69) is 31.1 Å². The van der Waals surface area contributed by atoms with Gasteiger partial charge < -0.3 is 0 Å². The Morgan fingerprint density at radius 3 is 1.42 bits per heavy atom. The maximum atomic E-state index is 4.75. The van der Waals surface area contributed by atoms with E-state index in [0.717, 1.165) is 22.8 Å². The van der Waals surface area contributed by atoms with Crippen molar-refractivity contribution in [2.45, 2.75) is 12.8 Å². The quantitative estimate of drug-likeness (QED) is 0.204. The lowest BCUT2D eigenvalue weighted by molar-refractivity contribution is 0.215. The largest absolute Gasteiger partial charge is 0.295 e. The van der Waals surface area contributed by atoms with E-state index in [9.17, 15) is 0 Å². The van der Waals surface area contributed by atoms with Crippen molar-refractivity contribution >= 4 is 12.4 Å². The lowest BCUT2D eigenvalue weighted by atomic mass is 10.2. The van der Waals surface area contributed by atoms with Crippen molar-refractivity contribution in [1.82, 2.24) is 50.4 Å². The van der Waals surface area contributed by atoms with Gasteiger partial charge in [-0.15, -0.1) is 10.2 Å². The van der Waals surface area contributed by atoms with Crippen LogP contribution in [0.3, 0.4) is 0 Å². The monoisotopic (exact) mass is 486 g/mol. The maximum Gasteiger partial charge on any atom is 0.152 e. The normalized spacial score (nSPS) is 11.5. The summed E-state index contributed by atoms with van der Waals surface area (Å²) in [5.74, 6) is 1.62. The van der Waals surface area contributed by atoms with E-state index in [1.54, 1.807) is 9.36 Å². The minimum atomic E-state index is 0.664. The third-order valence-electron chi connectivity index (χ3n) is 5.56. The fourth-order valence-electron chi connectivity index (χ4n) is 3.44. The first-order valence-electron chi connectivity index (χ1n) is 11.8. The van der Waals surface area contributed by atoms with Crippen molar-refractivity contribution in [2.75, 3.05) is 26.2 Å². The summed E-state index contributed by atoms with van der Waals surface area (Å²) >= 11 is 0. The average molecular weight is 487 g/mol. The van der Waals surface area contributed by atoms with Crippen molar-refractivity contribution in [3.05, 3.63) is 83.4 Å². The second-order valence-corrected chi connectivity index (χ2v) is 8.16. The summed E-state index contributed by atoms with van der Waals surface area (Å²) in [5, 5.41) is 37.1. The van der Waals surface area contributed by atoms with Gasteiger partial charge in [0.15, 0.2) is 11.6 Å². The van der Waals surface area contributed by atoms with Crippen LogP contribution in [0.2, 0.25) is 0 Å². The Labute approximate surface area is 209 Å². The summed E-state index contributed by atoms with van der Waals surface area (Å²) in [6, 6.07) is 20.1. The fraction of sp³-hybridized carbons (Fsp3) is 0.333. The molecule has 2 aromatic carbocycles. The summed E-state index contributed by atoms with van der Waals surface area (Å²) in [6.45, 7) is 2.66. The Hall–Kier alpha value is -4.48. The van der Waals surface area contributed by atoms with E-state index in [-0.39, 0.29) is 0 Å². The zero-order valence-corrected chi connectivity index (χ0v) is 20.5. The third-order valence-corrected chi connectivity index (χ3v) is 5.56. The molecule has 0 aliphatic carbocycles. The Bertz CT molecular complexity index is 1130. The smallest absolute Gasteiger partial charge is 0.152 e. The first-order valence-corrected chi connectivity index (χ1v) is 11.8. The van der Waals surface area contributed by atoms with E-state index in [1.807, 2.05) is 97.2 Å². The number of aromatic nitrogens is 8. The Balaban J connectivity index is 1.44. The number of tetrazole rings is 2. The van der Waals surface area contributed by atoms with E-state index in [0.29, 0.717) is 39.0 Å². The molecule has 0 atom stereocenters. The molecule has 0 saturated carbocycles. The van der Waals surface area contributed by atoms with E-state index in [4.69, 9.17) is 10.2 Å². The van der Waals surface area contributed by atoms with Crippen LogP contribution in [0, 0.1) is 0 Å². The molecule has 2 aromatic heterocycles. The number of aryl methyl sites for hydroxylation is 2. The van der Waals surface area contributed by atoms with Crippen molar-refractivity contribution in [1.29, 1.82) is 0 Å². The molecule has 0 bridgehead atoms. The van der Waals surface area contributed by atoms with Crippen molar-refractivity contribution in [3.63, 3.8) is 0 Å². The second-order valence-electron chi connectivity index (χ2n) is 8.16. The summed E-state index contributed by atoms with van der Waals surface area (Å²) in [5.41, 5.74) is 2.08. The predicted molar refractivity (Wildman–Crippen MR) is 136 cm³/mol. The SMILES string of the molecule is Cn1nnnc1CCN(CCN(CCc1nnnn1C)/N=C\c1ccccc1)/N=C\c1ccccc1. The highest BCUT2D eigenvalue weighted by Crippen LogP contribution is 2.03. The van der Waals surface area contributed by atoms with Crippen LogP contribution in [-0.2, 0) is 26.9 Å². The highest BCUT2D eigenvalue weighted by Gasteiger charge is 2.11. The molecule has 0 radical (unpaired) electrons. The number of rotatable bonds is 13. The summed E-state index contributed by atoms with van der Waals surface area (Å²) in [6.07, 6.45) is 5.09. The number of hydrogen-bond donors (Lipinski definition) is 0. The predicted octanol–water partition coefficient (Wildman–Crippen LogP) is 1.19. The second kappa shape index (κ2) is 12.8. The van der Waals surface area contributed by atoms with E-state index >= 15 is 0 Å². The zero-order valence-electron chi connectivity index (χ0n) is 20.5. The van der Waals surface area contributed by atoms with Crippen LogP contribution in [0.1, 0.15) is 22.8 Å². The van der Waals surface area contributed by atoms with Crippen LogP contribution in [-0.4, -0.2) is 89.0 Å². The molecule has 0 spiro atoms. The van der Waals surface area contributed by atoms with Crippen LogP contribution in [0.4, 0.5) is 0 Å². The van der Waals surface area contributed by atoms with E-state index in [1.165, 1.54) is 0 Å². The molecule has 0 fully saturated rings. The molecule has 186 valence electrons. The fourth-order valence-corrected chi connectivity index (χ4v) is 3.44. The summed E-state index contributed by atoms with van der Waals surface area (Å²) < 4.78 is 3.37. The van der Waals surface area contributed by atoms with Crippen molar-refractivity contribution in [3.8, 4) is 0 Å². The van der Waals surface area contributed by atoms with Gasteiger partial charge in [0.1, 0.15) is 0 Å². The zero-order chi connectivity index (χ0) is 25.0. The lowest BCUT2D eigenvalue weighted by Gasteiger charge is -2.24. The molecule has 2 heterocycles. The molecule has 0 unspecified atom stereocenters. The molecule has 4 rings (SSSR count). The topological polar surface area (TPSA) is 118 Å². The highest BCUT2D eigenvalue weighted by atomic mass is 15.5. The van der Waals surface area contributed by atoms with Crippen LogP contribution in [0.5, 0.6) is 0 Å². The third kappa shape index (κ3) is 7.52. The molecule has 0 amide bonds. The number of hydrazone groups is 2. The van der Waals surface area contributed by atoms with Crippen molar-refractivity contribution < 1.29 is 0 Å². The lowest BCUT2D eigenvalue weighted by Crippen LogP contribution is -2.33. The summed E-state index contributed by atoms with van der Waals surface area (Å²) in [4.78, 5) is 0. The van der Waals surface area contributed by atoms with Gasteiger partial charge in [-0.05, 0) is 32.0 Å². The van der Waals surface area contributed by atoms with E-state index < -0.39 is 0 Å². The van der Waals surface area contributed by atoms with Gasteiger partial charge in [0, 0.05) is 40.0 Å². The van der Waals surface area contributed by atoms with Crippen LogP contribution < -0.4 is 0 Å². The minimum Gasteiger partial charge on any atom is -0.295 e. The van der Waals surface area contributed by atoms with Gasteiger partial charge in [-0.25, -0.2) is 9.36 Å². The van der Waals surface area contributed by atoms with Gasteiger partial charge in [-0.2, -0.15) is 10.2 Å². The van der Waals surface area contributed by atoms with Crippen LogP contribution in [0.15, 0.2) is 70.9 Å². The van der Waals surface area contributed by atoms with Gasteiger partial charge in [0.2, 0.25) is 0 Å². The molecule has 0 N–H and O–H groups in total. The Kier molecular flexibility index (Phi) is 8.78. The Morgan fingerprint density at radius 1 is 0.639 bits per heavy atom. The van der Waals surface area contributed by atoms with Gasteiger partial charge in [0.05, 0.1) is 25.5 Å². The van der Waals surface area contributed by atoms with Gasteiger partial charge in [-0.3, -0.25) is 10.0 Å². The Morgan fingerprint density at radius 2 is 1.06 bits per heavy atom. The molecular weight excluding hydrogens is 456 g/mol. The van der Waals surface area contributed by atoms with Gasteiger partial charge in [-0.1, -0.05) is 60.7 Å². The molecular formula is C24H30N12. The minimum absolute atomic E-state index is 0.664. The molecule has 12 heteroatoms. The van der Waals surface area contributed by atoms with Gasteiger partial charge in [0.25, 0.3) is 0 Å². The standard InChI is InChI=1S/C24H30N12/c1-33-23(27-29-31-33)13-15-35(25-19-21-9-5-3-6-10-21)17-18-36(16-14-24-28-30-32-34(24)2)26-20-22-11-7-4-8-12-22/h3-12,19-20H,13-18H2,1-2H3/b25-19-,26-20-. The molecule has 36 heavy (non-hydrogen) atoms. The summed E-state index contributed by atoms with van der Waals surface area (Å²) in [7, 11) is 3.68. The number of benzene rings is 2. The number of hydrogen-bond acceptors (Lipinski definition) is 10. The molecule has 0 aliphatic heterocycles. The van der Waals surface area contributed by atoms with Crippen LogP contribution >= 0.6 is 0 Å². The molecule has 0 saturated heterocycles. The molecule has 0 aliphatic rings. The first kappa shape index (κ1) is 24.6. The maximum absolute atomic E-state index is 4.75. The average Bonchev–Trinajstić information content (AvgIpc) is 3.52. The molecule has 12 nitrogen and oxygen atoms in total. The first-order chi connectivity index (χ1) is 17.7. The molecule has 4 aromatic rings.